The standard InChI is InChI=1S/C25H17Cl3F3N3O3S/c26-17-2-1-3-18(27)22(17)20(35)5-4-16-13-38-23(32-16)14-6-8-33(9-7-14)21(36)12-34-11-15(25(29,30)31)10-19(28)24(34)37/h1-3,10-11,13-14H,6-9,12H2. The van der Waals surface area contributed by atoms with Gasteiger partial charge in [0, 0.05) is 30.6 Å². The second kappa shape index (κ2) is 11.5. The molecule has 198 valence electrons. The molecule has 0 N–H and O–H groups in total. The summed E-state index contributed by atoms with van der Waals surface area (Å²) in [4.78, 5) is 43.3. The number of hydrogen-bond acceptors (Lipinski definition) is 5. The van der Waals surface area contributed by atoms with Crippen molar-refractivity contribution < 1.29 is 22.8 Å². The minimum atomic E-state index is -4.70. The van der Waals surface area contributed by atoms with Gasteiger partial charge >= 0.3 is 6.18 Å². The maximum Gasteiger partial charge on any atom is 0.417 e. The summed E-state index contributed by atoms with van der Waals surface area (Å²) in [5.74, 6) is 4.27. The van der Waals surface area contributed by atoms with E-state index in [1.807, 2.05) is 0 Å². The lowest BCUT2D eigenvalue weighted by molar-refractivity contribution is -0.139. The van der Waals surface area contributed by atoms with Crippen LogP contribution in [0.15, 0.2) is 40.6 Å². The molecule has 1 fully saturated rings. The van der Waals surface area contributed by atoms with Gasteiger partial charge in [-0.1, -0.05) is 40.9 Å². The molecule has 0 radical (unpaired) electrons. The van der Waals surface area contributed by atoms with E-state index in [1.165, 1.54) is 16.2 Å². The lowest BCUT2D eigenvalue weighted by Gasteiger charge is -2.31. The van der Waals surface area contributed by atoms with Crippen LogP contribution in [-0.4, -0.2) is 39.2 Å². The molecule has 3 heterocycles. The van der Waals surface area contributed by atoms with E-state index in [0.717, 1.165) is 5.01 Å². The number of pyridine rings is 1. The molecule has 6 nitrogen and oxygen atoms in total. The van der Waals surface area contributed by atoms with E-state index in [1.54, 1.807) is 23.6 Å². The Morgan fingerprint density at radius 2 is 1.76 bits per heavy atom. The van der Waals surface area contributed by atoms with Crippen LogP contribution in [0.25, 0.3) is 0 Å². The number of piperidine rings is 1. The first-order chi connectivity index (χ1) is 17.9. The van der Waals surface area contributed by atoms with Gasteiger partial charge in [0.15, 0.2) is 0 Å². The SMILES string of the molecule is O=C(C#Cc1csc(C2CCN(C(=O)Cn3cc(C(F)(F)F)cc(Cl)c3=O)CC2)n1)c1c(Cl)cccc1Cl. The zero-order valence-corrected chi connectivity index (χ0v) is 22.4. The van der Waals surface area contributed by atoms with Crippen LogP contribution in [0.4, 0.5) is 13.2 Å². The van der Waals surface area contributed by atoms with Crippen LogP contribution < -0.4 is 5.56 Å². The predicted molar refractivity (Wildman–Crippen MR) is 139 cm³/mol. The number of ketones is 1. The smallest absolute Gasteiger partial charge is 0.341 e. The average Bonchev–Trinajstić information content (AvgIpc) is 3.34. The van der Waals surface area contributed by atoms with Crippen LogP contribution in [0.2, 0.25) is 15.1 Å². The van der Waals surface area contributed by atoms with Crippen molar-refractivity contribution in [1.82, 2.24) is 14.5 Å². The molecule has 1 saturated heterocycles. The Balaban J connectivity index is 1.37. The molecule has 2 aromatic heterocycles. The lowest BCUT2D eigenvalue weighted by atomic mass is 9.97. The highest BCUT2D eigenvalue weighted by Crippen LogP contribution is 2.31. The fourth-order valence-electron chi connectivity index (χ4n) is 3.92. The normalized spacial score (nSPS) is 14.2. The molecule has 0 unspecified atom stereocenters. The zero-order valence-electron chi connectivity index (χ0n) is 19.3. The van der Waals surface area contributed by atoms with E-state index >= 15 is 0 Å². The number of alkyl halides is 3. The zero-order chi connectivity index (χ0) is 27.6. The molecule has 1 aliphatic heterocycles. The number of carbonyl (C=O) groups is 2. The highest BCUT2D eigenvalue weighted by Gasteiger charge is 2.33. The highest BCUT2D eigenvalue weighted by molar-refractivity contribution is 7.09. The Morgan fingerprint density at radius 1 is 1.11 bits per heavy atom. The molecule has 0 bridgehead atoms. The van der Waals surface area contributed by atoms with Crippen molar-refractivity contribution in [3.63, 3.8) is 0 Å². The summed E-state index contributed by atoms with van der Waals surface area (Å²) in [6, 6.07) is 5.27. The van der Waals surface area contributed by atoms with Crippen molar-refractivity contribution in [1.29, 1.82) is 0 Å². The van der Waals surface area contributed by atoms with Gasteiger partial charge in [0.05, 0.1) is 26.2 Å². The van der Waals surface area contributed by atoms with Gasteiger partial charge in [0.1, 0.15) is 17.3 Å². The lowest BCUT2D eigenvalue weighted by Crippen LogP contribution is -2.41. The van der Waals surface area contributed by atoms with Crippen molar-refractivity contribution >= 4 is 57.8 Å². The van der Waals surface area contributed by atoms with E-state index in [9.17, 15) is 27.6 Å². The summed E-state index contributed by atoms with van der Waals surface area (Å²) in [6.45, 7) is 0.137. The van der Waals surface area contributed by atoms with Crippen molar-refractivity contribution in [2.45, 2.75) is 31.5 Å². The molecule has 13 heteroatoms. The van der Waals surface area contributed by atoms with Gasteiger partial charge in [-0.25, -0.2) is 4.98 Å². The van der Waals surface area contributed by atoms with Crippen molar-refractivity contribution in [2.24, 2.45) is 0 Å². The largest absolute Gasteiger partial charge is 0.417 e. The molecule has 0 spiro atoms. The summed E-state index contributed by atoms with van der Waals surface area (Å²) in [6.07, 6.45) is -2.97. The van der Waals surface area contributed by atoms with Gasteiger partial charge in [-0.15, -0.1) is 11.3 Å². The highest BCUT2D eigenvalue weighted by atomic mass is 35.5. The Kier molecular flexibility index (Phi) is 8.52. The number of rotatable bonds is 4. The number of benzene rings is 1. The summed E-state index contributed by atoms with van der Waals surface area (Å²) < 4.78 is 39.9. The van der Waals surface area contributed by atoms with Gasteiger partial charge in [0.2, 0.25) is 11.7 Å². The number of halogens is 6. The van der Waals surface area contributed by atoms with Crippen molar-refractivity contribution in [3.05, 3.63) is 83.1 Å². The third kappa shape index (κ3) is 6.41. The summed E-state index contributed by atoms with van der Waals surface area (Å²) >= 11 is 19.1. The van der Waals surface area contributed by atoms with Gasteiger partial charge in [0.25, 0.3) is 5.56 Å². The van der Waals surface area contributed by atoms with Gasteiger partial charge in [-0.3, -0.25) is 14.4 Å². The number of aromatic nitrogens is 2. The monoisotopic (exact) mass is 601 g/mol. The van der Waals surface area contributed by atoms with E-state index in [2.05, 4.69) is 16.8 Å². The Morgan fingerprint density at radius 3 is 2.39 bits per heavy atom. The fraction of sp³-hybridized carbons (Fsp3) is 0.280. The minimum absolute atomic E-state index is 0.0408. The number of hydrogen-bond donors (Lipinski definition) is 0. The maximum absolute atomic E-state index is 13.1. The quantitative estimate of drug-likeness (QED) is 0.274. The van der Waals surface area contributed by atoms with Crippen LogP contribution in [0.1, 0.15) is 45.4 Å². The van der Waals surface area contributed by atoms with Crippen LogP contribution in [0.5, 0.6) is 0 Å². The number of thiazole rings is 1. The number of likely N-dealkylation sites (tertiary alicyclic amines) is 1. The van der Waals surface area contributed by atoms with Crippen LogP contribution in [0, 0.1) is 11.8 Å². The summed E-state index contributed by atoms with van der Waals surface area (Å²) in [5, 5.41) is 2.33. The molecule has 0 aliphatic carbocycles. The molecular weight excluding hydrogens is 586 g/mol. The first kappa shape index (κ1) is 28.2. The molecule has 0 atom stereocenters. The van der Waals surface area contributed by atoms with E-state index < -0.39 is 40.6 Å². The number of amides is 1. The topological polar surface area (TPSA) is 72.3 Å². The second-order valence-corrected chi connectivity index (χ2v) is 10.5. The van der Waals surface area contributed by atoms with Crippen molar-refractivity contribution in [3.8, 4) is 11.8 Å². The minimum Gasteiger partial charge on any atom is -0.341 e. The van der Waals surface area contributed by atoms with E-state index in [-0.39, 0.29) is 21.5 Å². The van der Waals surface area contributed by atoms with Crippen molar-refractivity contribution in [2.75, 3.05) is 13.1 Å². The molecular formula is C25H17Cl3F3N3O3S. The fourth-order valence-corrected chi connectivity index (χ4v) is 5.64. The van der Waals surface area contributed by atoms with Crippen LogP contribution in [0.3, 0.4) is 0 Å². The van der Waals surface area contributed by atoms with E-state index in [4.69, 9.17) is 34.8 Å². The third-order valence-electron chi connectivity index (χ3n) is 5.89. The molecule has 1 aliphatic rings. The number of nitrogens with zero attached hydrogens (tertiary/aromatic N) is 3. The molecule has 0 saturated carbocycles. The van der Waals surface area contributed by atoms with Crippen LogP contribution >= 0.6 is 46.1 Å². The van der Waals surface area contributed by atoms with E-state index in [0.29, 0.717) is 48.5 Å². The molecule has 38 heavy (non-hydrogen) atoms. The maximum atomic E-state index is 13.1. The molecule has 3 aromatic rings. The predicted octanol–water partition coefficient (Wildman–Crippen LogP) is 5.92. The Labute approximate surface area is 233 Å². The second-order valence-electron chi connectivity index (χ2n) is 8.41. The van der Waals surface area contributed by atoms with Gasteiger partial charge in [-0.05, 0) is 42.9 Å². The first-order valence-electron chi connectivity index (χ1n) is 11.1. The van der Waals surface area contributed by atoms with Gasteiger partial charge < -0.3 is 9.47 Å². The Bertz CT molecular complexity index is 1500. The summed E-state index contributed by atoms with van der Waals surface area (Å²) in [7, 11) is 0. The third-order valence-corrected chi connectivity index (χ3v) is 7.80. The molecule has 1 aromatic carbocycles. The van der Waals surface area contributed by atoms with Gasteiger partial charge in [-0.2, -0.15) is 13.2 Å². The number of Topliss-reactive ketones (excluding diaryl/α,β-unsaturated/α-hetero) is 1. The first-order valence-corrected chi connectivity index (χ1v) is 13.2. The Hall–Kier alpha value is -2.84. The summed E-state index contributed by atoms with van der Waals surface area (Å²) in [5.41, 5.74) is -1.42. The average molecular weight is 603 g/mol. The molecule has 1 amide bonds. The number of carbonyl (C=O) groups excluding carboxylic acids is 2. The van der Waals surface area contributed by atoms with Crippen LogP contribution in [-0.2, 0) is 17.5 Å². The molecule has 4 rings (SSSR count).